The van der Waals surface area contributed by atoms with Crippen molar-refractivity contribution in [2.24, 2.45) is 0 Å². The highest BCUT2D eigenvalue weighted by molar-refractivity contribution is 7.91. The number of carbonyl (C=O) groups is 1. The minimum atomic E-state index is -4.73. The first-order valence-corrected chi connectivity index (χ1v) is 9.48. The van der Waals surface area contributed by atoms with Crippen molar-refractivity contribution in [1.82, 2.24) is 20.3 Å². The summed E-state index contributed by atoms with van der Waals surface area (Å²) in [5, 5.41) is 13.5. The van der Waals surface area contributed by atoms with Crippen molar-refractivity contribution in [3.63, 3.8) is 0 Å². The lowest BCUT2D eigenvalue weighted by Gasteiger charge is -2.22. The number of benzene rings is 1. The number of anilines is 1. The summed E-state index contributed by atoms with van der Waals surface area (Å²) in [4.78, 5) is 11.7. The van der Waals surface area contributed by atoms with Crippen LogP contribution < -0.4 is 10.6 Å². The summed E-state index contributed by atoms with van der Waals surface area (Å²) in [5.41, 5.74) is 0.138. The van der Waals surface area contributed by atoms with Crippen LogP contribution in [0.1, 0.15) is 29.4 Å². The normalized spacial score (nSPS) is 16.0. The lowest BCUT2D eigenvalue weighted by Crippen LogP contribution is -2.29. The second-order valence-electron chi connectivity index (χ2n) is 5.85. The fraction of sp³-hybridized carbons (Fsp3) is 0.400. The number of rotatable bonds is 5. The molecule has 1 fully saturated rings. The molecule has 8 nitrogen and oxygen atoms in total. The monoisotopic (exact) mass is 385 g/mol. The van der Waals surface area contributed by atoms with Crippen molar-refractivity contribution in [2.45, 2.75) is 29.5 Å². The molecule has 0 atom stereocenters. The summed E-state index contributed by atoms with van der Waals surface area (Å²) in [7, 11) is -4.73. The molecule has 0 aliphatic carbocycles. The lowest BCUT2D eigenvalue weighted by atomic mass is 10.1. The molecule has 1 aromatic carbocycles. The smallest absolute Gasteiger partial charge is 0.321 e. The zero-order valence-corrected chi connectivity index (χ0v) is 14.4. The number of hydrogen-bond donors (Lipinski definition) is 2. The quantitative estimate of drug-likeness (QED) is 0.807. The van der Waals surface area contributed by atoms with Gasteiger partial charge in [0.15, 0.2) is 5.69 Å². The van der Waals surface area contributed by atoms with Crippen molar-refractivity contribution >= 4 is 21.4 Å². The summed E-state index contributed by atoms with van der Waals surface area (Å²) >= 11 is 0. The Kier molecular flexibility index (Phi) is 5.28. The van der Waals surface area contributed by atoms with E-state index in [1.165, 1.54) is 18.3 Å². The van der Waals surface area contributed by atoms with E-state index in [-0.39, 0.29) is 17.4 Å². The van der Waals surface area contributed by atoms with Gasteiger partial charge < -0.3 is 10.6 Å². The van der Waals surface area contributed by atoms with Crippen molar-refractivity contribution in [1.29, 1.82) is 0 Å². The van der Waals surface area contributed by atoms with Crippen LogP contribution in [-0.4, -0.2) is 48.2 Å². The van der Waals surface area contributed by atoms with Crippen molar-refractivity contribution < 1.29 is 22.0 Å². The highest BCUT2D eigenvalue weighted by Crippen LogP contribution is 2.22. The highest BCUT2D eigenvalue weighted by Gasteiger charge is 2.27. The third-order valence-electron chi connectivity index (χ3n) is 4.08. The molecule has 2 aromatic rings. The molecule has 140 valence electrons. The van der Waals surface area contributed by atoms with E-state index in [4.69, 9.17) is 0 Å². The Balaban J connectivity index is 1.73. The lowest BCUT2D eigenvalue weighted by molar-refractivity contribution is 0.102. The molecular formula is C15H17F2N5O3S. The third-order valence-corrected chi connectivity index (χ3v) is 5.46. The van der Waals surface area contributed by atoms with Crippen LogP contribution >= 0.6 is 0 Å². The van der Waals surface area contributed by atoms with Crippen LogP contribution in [0.15, 0.2) is 35.4 Å². The number of nitrogens with one attached hydrogen (secondary N) is 2. The van der Waals surface area contributed by atoms with E-state index < -0.39 is 26.4 Å². The zero-order chi connectivity index (χ0) is 18.7. The van der Waals surface area contributed by atoms with E-state index in [0.29, 0.717) is 0 Å². The van der Waals surface area contributed by atoms with Crippen molar-refractivity contribution in [3.8, 4) is 0 Å². The third kappa shape index (κ3) is 3.88. The molecule has 3 rings (SSSR count). The summed E-state index contributed by atoms with van der Waals surface area (Å²) in [5.74, 6) is -4.13. The highest BCUT2D eigenvalue weighted by atomic mass is 32.2. The molecule has 0 radical (unpaired) electrons. The fourth-order valence-electron chi connectivity index (χ4n) is 2.68. The molecule has 0 unspecified atom stereocenters. The second kappa shape index (κ2) is 7.46. The maximum absolute atomic E-state index is 12.6. The van der Waals surface area contributed by atoms with Gasteiger partial charge in [-0.05, 0) is 44.1 Å². The fourth-order valence-corrected chi connectivity index (χ4v) is 3.44. The standard InChI is InChI=1S/C15H17F2N5O3S/c16-15(17)26(24,25)12-3-1-2-10(8-12)19-14(23)13-9-22(21-20-13)11-4-6-18-7-5-11/h1-3,8-9,11,15,18H,4-7H2,(H,19,23). The first-order chi connectivity index (χ1) is 12.4. The molecular weight excluding hydrogens is 368 g/mol. The van der Waals surface area contributed by atoms with Gasteiger partial charge in [0, 0.05) is 5.69 Å². The van der Waals surface area contributed by atoms with Crippen LogP contribution in [0.2, 0.25) is 0 Å². The molecule has 0 bridgehead atoms. The maximum Gasteiger partial charge on any atom is 0.341 e. The zero-order valence-electron chi connectivity index (χ0n) is 13.6. The van der Waals surface area contributed by atoms with E-state index in [9.17, 15) is 22.0 Å². The van der Waals surface area contributed by atoms with Gasteiger partial charge in [-0.25, -0.2) is 13.1 Å². The Morgan fingerprint density at radius 3 is 2.73 bits per heavy atom. The molecule has 1 aliphatic heterocycles. The Bertz CT molecular complexity index is 894. The number of nitrogens with zero attached hydrogens (tertiary/aromatic N) is 3. The molecule has 26 heavy (non-hydrogen) atoms. The minimum absolute atomic E-state index is 0.0608. The summed E-state index contributed by atoms with van der Waals surface area (Å²) in [6.45, 7) is 1.72. The van der Waals surface area contributed by atoms with E-state index in [0.717, 1.165) is 38.1 Å². The average Bonchev–Trinajstić information content (AvgIpc) is 3.13. The predicted molar refractivity (Wildman–Crippen MR) is 88.7 cm³/mol. The minimum Gasteiger partial charge on any atom is -0.321 e. The molecule has 1 saturated heterocycles. The Morgan fingerprint density at radius 1 is 1.31 bits per heavy atom. The molecule has 11 heteroatoms. The summed E-state index contributed by atoms with van der Waals surface area (Å²) in [6.07, 6.45) is 3.26. The van der Waals surface area contributed by atoms with Gasteiger partial charge in [-0.3, -0.25) is 4.79 Å². The van der Waals surface area contributed by atoms with Gasteiger partial charge >= 0.3 is 5.76 Å². The van der Waals surface area contributed by atoms with E-state index in [1.807, 2.05) is 0 Å². The van der Waals surface area contributed by atoms with Crippen LogP contribution in [0.4, 0.5) is 14.5 Å². The van der Waals surface area contributed by atoms with E-state index in [2.05, 4.69) is 20.9 Å². The first kappa shape index (κ1) is 18.4. The largest absolute Gasteiger partial charge is 0.341 e. The number of halogens is 2. The van der Waals surface area contributed by atoms with E-state index in [1.54, 1.807) is 4.68 Å². The molecule has 1 aromatic heterocycles. The molecule has 0 spiro atoms. The molecule has 2 heterocycles. The topological polar surface area (TPSA) is 106 Å². The van der Waals surface area contributed by atoms with Gasteiger partial charge in [-0.1, -0.05) is 11.3 Å². The van der Waals surface area contributed by atoms with Crippen LogP contribution in [0.25, 0.3) is 0 Å². The number of carbonyl (C=O) groups excluding carboxylic acids is 1. The van der Waals surface area contributed by atoms with Crippen LogP contribution in [0.5, 0.6) is 0 Å². The second-order valence-corrected chi connectivity index (χ2v) is 7.77. The number of hydrogen-bond acceptors (Lipinski definition) is 6. The van der Waals surface area contributed by atoms with Gasteiger partial charge in [-0.15, -0.1) is 5.10 Å². The van der Waals surface area contributed by atoms with Crippen LogP contribution in [0.3, 0.4) is 0 Å². The molecule has 2 N–H and O–H groups in total. The van der Waals surface area contributed by atoms with Gasteiger partial charge in [0.05, 0.1) is 17.1 Å². The van der Waals surface area contributed by atoms with Crippen molar-refractivity contribution in [3.05, 3.63) is 36.2 Å². The van der Waals surface area contributed by atoms with E-state index >= 15 is 0 Å². The van der Waals surface area contributed by atoms with Crippen molar-refractivity contribution in [2.75, 3.05) is 18.4 Å². The average molecular weight is 385 g/mol. The van der Waals surface area contributed by atoms with Gasteiger partial charge in [0.1, 0.15) is 0 Å². The summed E-state index contributed by atoms with van der Waals surface area (Å²) in [6, 6.07) is 4.86. The number of piperidine rings is 1. The van der Waals surface area contributed by atoms with Crippen LogP contribution in [-0.2, 0) is 9.84 Å². The molecule has 0 saturated carbocycles. The molecule has 1 amide bonds. The Hall–Kier alpha value is -2.40. The van der Waals surface area contributed by atoms with Gasteiger partial charge in [0.2, 0.25) is 9.84 Å². The summed E-state index contributed by atoms with van der Waals surface area (Å²) < 4.78 is 50.0. The molecule has 1 aliphatic rings. The maximum atomic E-state index is 12.6. The number of aromatic nitrogens is 3. The number of amides is 1. The van der Waals surface area contributed by atoms with Gasteiger partial charge in [0.25, 0.3) is 5.91 Å². The number of sulfone groups is 1. The predicted octanol–water partition coefficient (Wildman–Crippen LogP) is 1.45. The van der Waals surface area contributed by atoms with Gasteiger partial charge in [-0.2, -0.15) is 8.78 Å². The first-order valence-electron chi connectivity index (χ1n) is 7.94. The number of alkyl halides is 2. The Labute approximate surface area is 148 Å². The SMILES string of the molecule is O=C(Nc1cccc(S(=O)(=O)C(F)F)c1)c1cn(C2CCNCC2)nn1. The van der Waals surface area contributed by atoms with Crippen LogP contribution in [0, 0.1) is 0 Å². The Morgan fingerprint density at radius 2 is 2.04 bits per heavy atom.